The van der Waals surface area contributed by atoms with Gasteiger partial charge in [-0.3, -0.25) is 13.9 Å². The van der Waals surface area contributed by atoms with Crippen LogP contribution in [0.15, 0.2) is 82.1 Å². The van der Waals surface area contributed by atoms with Crippen LogP contribution in [0.2, 0.25) is 0 Å². The minimum atomic E-state index is -0.477. The third-order valence-corrected chi connectivity index (χ3v) is 8.14. The number of aliphatic hydroxyl groups is 1. The number of ether oxygens (including phenoxy) is 1. The molecule has 0 bridgehead atoms. The lowest BCUT2D eigenvalue weighted by atomic mass is 9.95. The van der Waals surface area contributed by atoms with E-state index in [0.29, 0.717) is 30.1 Å². The normalized spacial score (nSPS) is 16.6. The van der Waals surface area contributed by atoms with Crippen LogP contribution in [-0.4, -0.2) is 42.1 Å². The van der Waals surface area contributed by atoms with Crippen molar-refractivity contribution in [3.63, 3.8) is 0 Å². The van der Waals surface area contributed by atoms with Gasteiger partial charge in [0.25, 0.3) is 5.56 Å². The standard InChI is InChI=1S/C35H36N4O5/c1-3-7-32-31(20-23-12-14-24(15-13-23)29-10-4-5-11-30(29)33-37-35(42)44-38-33)34(41)39(22(2)36-32)25-16-18-27(19-17-25)43-28-9-6-8-26(40)21-28/h4-5,10-19,26,28,40H,3,6-9,20-21H2,1-2H3,(H,37,38,42). The highest BCUT2D eigenvalue weighted by molar-refractivity contribution is 5.80. The molecule has 6 rings (SSSR count). The molecule has 0 aliphatic heterocycles. The summed E-state index contributed by atoms with van der Waals surface area (Å²) >= 11 is 0. The molecule has 3 aromatic carbocycles. The van der Waals surface area contributed by atoms with E-state index in [-0.39, 0.29) is 17.8 Å². The zero-order valence-corrected chi connectivity index (χ0v) is 24.9. The number of aryl methyl sites for hydroxylation is 2. The fourth-order valence-corrected chi connectivity index (χ4v) is 6.00. The Morgan fingerprint density at radius 3 is 2.41 bits per heavy atom. The lowest BCUT2D eigenvalue weighted by molar-refractivity contribution is 0.0536. The number of hydrogen-bond acceptors (Lipinski definition) is 8. The number of rotatable bonds is 9. The van der Waals surface area contributed by atoms with E-state index >= 15 is 0 Å². The summed E-state index contributed by atoms with van der Waals surface area (Å²) < 4.78 is 12.6. The number of aliphatic hydroxyl groups excluding tert-OH is 1. The van der Waals surface area contributed by atoms with Crippen molar-refractivity contribution in [2.75, 3.05) is 0 Å². The van der Waals surface area contributed by atoms with Gasteiger partial charge in [0, 0.05) is 24.0 Å². The van der Waals surface area contributed by atoms with Crippen molar-refractivity contribution in [2.24, 2.45) is 0 Å². The highest BCUT2D eigenvalue weighted by atomic mass is 16.6. The molecule has 0 spiro atoms. The van der Waals surface area contributed by atoms with E-state index < -0.39 is 6.08 Å². The van der Waals surface area contributed by atoms with Crippen LogP contribution in [0.1, 0.15) is 61.7 Å². The van der Waals surface area contributed by atoms with Gasteiger partial charge in [0.15, 0.2) is 0 Å². The van der Waals surface area contributed by atoms with Gasteiger partial charge in [-0.25, -0.2) is 4.98 Å². The van der Waals surface area contributed by atoms with Gasteiger partial charge in [0.1, 0.15) is 17.7 Å². The average Bonchev–Trinajstić information content (AvgIpc) is 3.46. The minimum absolute atomic E-state index is 0.00269. The zero-order chi connectivity index (χ0) is 30.6. The molecular weight excluding hydrogens is 556 g/mol. The molecule has 1 aliphatic rings. The molecule has 226 valence electrons. The summed E-state index contributed by atoms with van der Waals surface area (Å²) in [5.74, 6) is 1.68. The highest BCUT2D eigenvalue weighted by Crippen LogP contribution is 2.31. The summed E-state index contributed by atoms with van der Waals surface area (Å²) in [7, 11) is 0. The smallest absolute Gasteiger partial charge is 0.415 e. The topological polar surface area (TPSA) is 124 Å². The van der Waals surface area contributed by atoms with E-state index in [0.717, 1.165) is 71.5 Å². The predicted molar refractivity (Wildman–Crippen MR) is 167 cm³/mol. The van der Waals surface area contributed by atoms with Gasteiger partial charge in [-0.1, -0.05) is 67.0 Å². The van der Waals surface area contributed by atoms with Crippen molar-refractivity contribution < 1.29 is 19.5 Å². The van der Waals surface area contributed by atoms with Gasteiger partial charge in [-0.15, -0.1) is 0 Å². The number of aromatic nitrogens is 4. The molecule has 2 N–H and O–H groups in total. The molecule has 1 aliphatic carbocycles. The van der Waals surface area contributed by atoms with Crippen LogP contribution in [0, 0.1) is 6.92 Å². The van der Waals surface area contributed by atoms with E-state index in [9.17, 15) is 15.0 Å². The first kappa shape index (κ1) is 29.3. The van der Waals surface area contributed by atoms with Crippen LogP contribution >= 0.6 is 0 Å². The van der Waals surface area contributed by atoms with Gasteiger partial charge in [0.2, 0.25) is 5.82 Å². The Morgan fingerprint density at radius 2 is 1.73 bits per heavy atom. The maximum Gasteiger partial charge on any atom is 0.415 e. The van der Waals surface area contributed by atoms with Crippen molar-refractivity contribution in [2.45, 2.75) is 71.0 Å². The van der Waals surface area contributed by atoms with Gasteiger partial charge in [-0.05, 0) is 73.6 Å². The molecule has 2 aromatic heterocycles. The van der Waals surface area contributed by atoms with E-state index in [2.05, 4.69) is 17.1 Å². The molecule has 1 saturated carbocycles. The summed E-state index contributed by atoms with van der Waals surface area (Å²) in [5.41, 5.74) is 5.76. The molecule has 0 saturated heterocycles. The summed E-state index contributed by atoms with van der Waals surface area (Å²) in [6.07, 6.45) is 4.63. The lowest BCUT2D eigenvalue weighted by Crippen LogP contribution is -2.29. The van der Waals surface area contributed by atoms with Gasteiger partial charge in [-0.2, -0.15) is 4.98 Å². The van der Waals surface area contributed by atoms with Crippen LogP contribution in [0.4, 0.5) is 0 Å². The summed E-state index contributed by atoms with van der Waals surface area (Å²) in [6, 6.07) is 23.3. The molecule has 5 aromatic rings. The Morgan fingerprint density at radius 1 is 0.977 bits per heavy atom. The third kappa shape index (κ3) is 6.28. The van der Waals surface area contributed by atoms with E-state index in [4.69, 9.17) is 14.2 Å². The first-order valence-corrected chi connectivity index (χ1v) is 15.2. The zero-order valence-electron chi connectivity index (χ0n) is 24.9. The quantitative estimate of drug-likeness (QED) is 0.208. The molecule has 2 heterocycles. The van der Waals surface area contributed by atoms with Crippen LogP contribution in [0.5, 0.6) is 11.8 Å². The fraction of sp³-hybridized carbons (Fsp3) is 0.314. The first-order chi connectivity index (χ1) is 21.4. The molecule has 2 atom stereocenters. The molecule has 0 radical (unpaired) electrons. The van der Waals surface area contributed by atoms with Crippen LogP contribution in [0.3, 0.4) is 0 Å². The second-order valence-electron chi connectivity index (χ2n) is 11.3. The van der Waals surface area contributed by atoms with Crippen molar-refractivity contribution in [3.8, 4) is 40.0 Å². The highest BCUT2D eigenvalue weighted by Gasteiger charge is 2.22. The monoisotopic (exact) mass is 592 g/mol. The SMILES string of the molecule is CCCc1nc(C)n(-c2ccc(OC3CCCC(O)C3)cc2)c(=O)c1Cc1ccc(-c2ccccc2-c2noc(O)n2)cc1. The fourth-order valence-electron chi connectivity index (χ4n) is 6.00. The van der Waals surface area contributed by atoms with Crippen molar-refractivity contribution in [3.05, 3.63) is 106 Å². The Hall–Kier alpha value is -4.76. The maximum absolute atomic E-state index is 14.0. The van der Waals surface area contributed by atoms with Crippen LogP contribution in [0.25, 0.3) is 28.2 Å². The van der Waals surface area contributed by atoms with Gasteiger partial charge in [0.05, 0.1) is 17.5 Å². The summed E-state index contributed by atoms with van der Waals surface area (Å²) in [6.45, 7) is 3.96. The molecule has 44 heavy (non-hydrogen) atoms. The van der Waals surface area contributed by atoms with Gasteiger partial charge >= 0.3 is 6.08 Å². The van der Waals surface area contributed by atoms with E-state index in [1.165, 1.54) is 0 Å². The van der Waals surface area contributed by atoms with Crippen LogP contribution < -0.4 is 10.3 Å². The van der Waals surface area contributed by atoms with Crippen molar-refractivity contribution >= 4 is 0 Å². The van der Waals surface area contributed by atoms with Crippen molar-refractivity contribution in [1.29, 1.82) is 0 Å². The second kappa shape index (κ2) is 12.9. The van der Waals surface area contributed by atoms with Crippen LogP contribution in [-0.2, 0) is 12.8 Å². The molecule has 9 nitrogen and oxygen atoms in total. The Kier molecular flexibility index (Phi) is 8.56. The van der Waals surface area contributed by atoms with E-state index in [1.807, 2.05) is 79.7 Å². The Labute approximate surface area is 255 Å². The Balaban J connectivity index is 1.27. The summed E-state index contributed by atoms with van der Waals surface area (Å²) in [5, 5.41) is 23.4. The maximum atomic E-state index is 14.0. The minimum Gasteiger partial charge on any atom is -0.490 e. The molecule has 0 amide bonds. The molecule has 1 fully saturated rings. The Bertz CT molecular complexity index is 1790. The molecular formula is C35H36N4O5. The predicted octanol–water partition coefficient (Wildman–Crippen LogP) is 6.19. The number of aromatic hydroxyl groups is 1. The summed E-state index contributed by atoms with van der Waals surface area (Å²) in [4.78, 5) is 22.9. The number of hydrogen-bond donors (Lipinski definition) is 2. The second-order valence-corrected chi connectivity index (χ2v) is 11.3. The van der Waals surface area contributed by atoms with Gasteiger partial charge < -0.3 is 14.9 Å². The van der Waals surface area contributed by atoms with Crippen molar-refractivity contribution in [1.82, 2.24) is 19.7 Å². The largest absolute Gasteiger partial charge is 0.490 e. The third-order valence-electron chi connectivity index (χ3n) is 8.14. The molecule has 9 heteroatoms. The molecule has 2 unspecified atom stereocenters. The van der Waals surface area contributed by atoms with E-state index in [1.54, 1.807) is 4.57 Å². The first-order valence-electron chi connectivity index (χ1n) is 15.2. The number of benzene rings is 3. The number of nitrogens with zero attached hydrogens (tertiary/aromatic N) is 4. The lowest BCUT2D eigenvalue weighted by Gasteiger charge is -2.26. The average molecular weight is 593 g/mol.